The summed E-state index contributed by atoms with van der Waals surface area (Å²) in [5, 5.41) is 2.46. The SMILES string of the molecule is Cc1cccc2c1C(=O)O[C@@H](c1c(F)c(F)c(F)c(F)c1F)N2. The van der Waals surface area contributed by atoms with Crippen LogP contribution in [0.5, 0.6) is 0 Å². The third-order valence-electron chi connectivity index (χ3n) is 3.49. The summed E-state index contributed by atoms with van der Waals surface area (Å²) in [6.45, 7) is 1.61. The Kier molecular flexibility index (Phi) is 3.46. The standard InChI is InChI=1S/C15H8F5NO2/c1-5-3-2-4-6-7(5)15(22)23-14(21-6)8-9(16)11(18)13(20)12(19)10(8)17/h2-4,14,21H,1H3/t14-/m0/s1. The molecule has 0 fully saturated rings. The Morgan fingerprint density at radius 2 is 1.52 bits per heavy atom. The van der Waals surface area contributed by atoms with Crippen LogP contribution in [-0.4, -0.2) is 5.97 Å². The average Bonchev–Trinajstić information content (AvgIpc) is 2.51. The minimum Gasteiger partial charge on any atom is -0.433 e. The molecule has 2 aromatic rings. The van der Waals surface area contributed by atoms with Crippen molar-refractivity contribution >= 4 is 11.7 Å². The largest absolute Gasteiger partial charge is 0.433 e. The van der Waals surface area contributed by atoms with Gasteiger partial charge in [-0.2, -0.15) is 0 Å². The Balaban J connectivity index is 2.14. The number of carbonyl (C=O) groups is 1. The molecule has 1 atom stereocenters. The number of cyclic esters (lactones) is 1. The second-order valence-corrected chi connectivity index (χ2v) is 4.91. The number of halogens is 5. The fraction of sp³-hybridized carbons (Fsp3) is 0.133. The van der Waals surface area contributed by atoms with Gasteiger partial charge in [-0.1, -0.05) is 12.1 Å². The zero-order chi connectivity index (χ0) is 16.9. The van der Waals surface area contributed by atoms with Crippen LogP contribution in [0.15, 0.2) is 18.2 Å². The molecule has 1 heterocycles. The van der Waals surface area contributed by atoms with E-state index in [4.69, 9.17) is 4.74 Å². The van der Waals surface area contributed by atoms with Crippen LogP contribution in [0.3, 0.4) is 0 Å². The second-order valence-electron chi connectivity index (χ2n) is 4.91. The van der Waals surface area contributed by atoms with Crippen LogP contribution < -0.4 is 5.32 Å². The Morgan fingerprint density at radius 1 is 0.957 bits per heavy atom. The monoisotopic (exact) mass is 329 g/mol. The number of rotatable bonds is 1. The first kappa shape index (κ1) is 15.3. The van der Waals surface area contributed by atoms with Gasteiger partial charge < -0.3 is 10.1 Å². The molecule has 2 aromatic carbocycles. The number of carbonyl (C=O) groups excluding carboxylic acids is 1. The van der Waals surface area contributed by atoms with Crippen LogP contribution in [-0.2, 0) is 4.74 Å². The first-order chi connectivity index (χ1) is 10.8. The molecule has 0 saturated heterocycles. The van der Waals surface area contributed by atoms with E-state index >= 15 is 0 Å². The molecule has 0 radical (unpaired) electrons. The molecule has 120 valence electrons. The van der Waals surface area contributed by atoms with Crippen molar-refractivity contribution in [3.63, 3.8) is 0 Å². The number of aryl methyl sites for hydroxylation is 1. The van der Waals surface area contributed by atoms with E-state index in [0.29, 0.717) is 5.56 Å². The molecule has 0 saturated carbocycles. The highest BCUT2D eigenvalue weighted by molar-refractivity contribution is 5.98. The van der Waals surface area contributed by atoms with Gasteiger partial charge in [0.15, 0.2) is 23.3 Å². The van der Waals surface area contributed by atoms with Crippen molar-refractivity contribution in [2.45, 2.75) is 13.2 Å². The molecule has 3 nitrogen and oxygen atoms in total. The molecule has 0 aliphatic carbocycles. The average molecular weight is 329 g/mol. The molecular formula is C15H8F5NO2. The third kappa shape index (κ3) is 2.21. The van der Waals surface area contributed by atoms with E-state index < -0.39 is 46.8 Å². The number of hydrogen-bond acceptors (Lipinski definition) is 3. The zero-order valence-electron chi connectivity index (χ0n) is 11.5. The highest BCUT2D eigenvalue weighted by Crippen LogP contribution is 2.36. The molecule has 3 rings (SSSR count). The summed E-state index contributed by atoms with van der Waals surface area (Å²) in [4.78, 5) is 12.0. The summed E-state index contributed by atoms with van der Waals surface area (Å²) >= 11 is 0. The van der Waals surface area contributed by atoms with E-state index in [1.807, 2.05) is 0 Å². The number of ether oxygens (including phenoxy) is 1. The van der Waals surface area contributed by atoms with Gasteiger partial charge in [-0.25, -0.2) is 26.7 Å². The van der Waals surface area contributed by atoms with Crippen LogP contribution in [0, 0.1) is 36.0 Å². The van der Waals surface area contributed by atoms with Gasteiger partial charge in [-0.3, -0.25) is 0 Å². The van der Waals surface area contributed by atoms with Gasteiger partial charge in [0.05, 0.1) is 16.8 Å². The van der Waals surface area contributed by atoms with Crippen LogP contribution >= 0.6 is 0 Å². The molecule has 1 aliphatic heterocycles. The molecule has 0 amide bonds. The summed E-state index contributed by atoms with van der Waals surface area (Å²) < 4.78 is 72.1. The maximum atomic E-state index is 13.8. The summed E-state index contributed by atoms with van der Waals surface area (Å²) in [6, 6.07) is 4.61. The van der Waals surface area contributed by atoms with Gasteiger partial charge in [0.1, 0.15) is 0 Å². The van der Waals surface area contributed by atoms with E-state index in [1.165, 1.54) is 6.07 Å². The smallest absolute Gasteiger partial charge is 0.342 e. The maximum absolute atomic E-state index is 13.8. The molecule has 23 heavy (non-hydrogen) atoms. The van der Waals surface area contributed by atoms with Crippen molar-refractivity contribution in [2.75, 3.05) is 5.32 Å². The van der Waals surface area contributed by atoms with Crippen molar-refractivity contribution < 1.29 is 31.5 Å². The summed E-state index contributed by atoms with van der Waals surface area (Å²) in [6.07, 6.45) is -1.83. The predicted octanol–water partition coefficient (Wildman–Crippen LogP) is 3.97. The lowest BCUT2D eigenvalue weighted by atomic mass is 10.0. The van der Waals surface area contributed by atoms with Gasteiger partial charge in [0.25, 0.3) is 0 Å². The van der Waals surface area contributed by atoms with Crippen LogP contribution in [0.4, 0.5) is 27.6 Å². The lowest BCUT2D eigenvalue weighted by Gasteiger charge is -2.28. The third-order valence-corrected chi connectivity index (χ3v) is 3.49. The number of fused-ring (bicyclic) bond motifs is 1. The highest BCUT2D eigenvalue weighted by Gasteiger charge is 2.36. The molecule has 0 unspecified atom stereocenters. The Hall–Kier alpha value is -2.64. The molecule has 0 bridgehead atoms. The molecular weight excluding hydrogens is 321 g/mol. The lowest BCUT2D eigenvalue weighted by molar-refractivity contribution is 0.0312. The number of hydrogen-bond donors (Lipinski definition) is 1. The zero-order valence-corrected chi connectivity index (χ0v) is 11.5. The van der Waals surface area contributed by atoms with Crippen LogP contribution in [0.25, 0.3) is 0 Å². The van der Waals surface area contributed by atoms with Gasteiger partial charge in [-0.05, 0) is 18.6 Å². The fourth-order valence-corrected chi connectivity index (χ4v) is 2.38. The lowest BCUT2D eigenvalue weighted by Crippen LogP contribution is -2.28. The Labute approximate surface area is 126 Å². The summed E-state index contributed by atoms with van der Waals surface area (Å²) in [7, 11) is 0. The van der Waals surface area contributed by atoms with E-state index in [2.05, 4.69) is 5.32 Å². The second kappa shape index (κ2) is 5.22. The van der Waals surface area contributed by atoms with Crippen molar-refractivity contribution in [3.8, 4) is 0 Å². The Bertz CT molecular complexity index is 808. The minimum absolute atomic E-state index is 0.132. The normalized spacial score (nSPS) is 16.6. The number of esters is 1. The molecule has 0 spiro atoms. The number of benzene rings is 2. The van der Waals surface area contributed by atoms with E-state index in [1.54, 1.807) is 19.1 Å². The first-order valence-electron chi connectivity index (χ1n) is 6.41. The highest BCUT2D eigenvalue weighted by atomic mass is 19.2. The molecule has 8 heteroatoms. The maximum Gasteiger partial charge on any atom is 0.342 e. The molecule has 0 aromatic heterocycles. The van der Waals surface area contributed by atoms with E-state index in [-0.39, 0.29) is 11.3 Å². The summed E-state index contributed by atoms with van der Waals surface area (Å²) in [5.41, 5.74) is -0.402. The molecule has 1 N–H and O–H groups in total. The van der Waals surface area contributed by atoms with Crippen molar-refractivity contribution in [1.29, 1.82) is 0 Å². The number of anilines is 1. The van der Waals surface area contributed by atoms with Crippen molar-refractivity contribution in [1.82, 2.24) is 0 Å². The van der Waals surface area contributed by atoms with Gasteiger partial charge >= 0.3 is 5.97 Å². The van der Waals surface area contributed by atoms with Gasteiger partial charge in [0, 0.05) is 0 Å². The van der Waals surface area contributed by atoms with Crippen LogP contribution in [0.2, 0.25) is 0 Å². The van der Waals surface area contributed by atoms with Gasteiger partial charge in [-0.15, -0.1) is 0 Å². The fourth-order valence-electron chi connectivity index (χ4n) is 2.38. The van der Waals surface area contributed by atoms with Gasteiger partial charge in [0.2, 0.25) is 12.0 Å². The number of nitrogens with one attached hydrogen (secondary N) is 1. The topological polar surface area (TPSA) is 38.3 Å². The first-order valence-corrected chi connectivity index (χ1v) is 6.41. The predicted molar refractivity (Wildman–Crippen MR) is 69.2 cm³/mol. The summed E-state index contributed by atoms with van der Waals surface area (Å²) in [5.74, 6) is -11.5. The van der Waals surface area contributed by atoms with Crippen molar-refractivity contribution in [2.24, 2.45) is 0 Å². The quantitative estimate of drug-likeness (QED) is 0.372. The van der Waals surface area contributed by atoms with Crippen LogP contribution in [0.1, 0.15) is 27.7 Å². The molecule has 1 aliphatic rings. The van der Waals surface area contributed by atoms with E-state index in [9.17, 15) is 26.7 Å². The minimum atomic E-state index is -2.28. The van der Waals surface area contributed by atoms with Crippen molar-refractivity contribution in [3.05, 3.63) is 64.0 Å². The van der Waals surface area contributed by atoms with E-state index in [0.717, 1.165) is 0 Å². The Morgan fingerprint density at radius 3 is 2.13 bits per heavy atom.